The van der Waals surface area contributed by atoms with Crippen LogP contribution in [-0.4, -0.2) is 42.9 Å². The van der Waals surface area contributed by atoms with Crippen molar-refractivity contribution < 1.29 is 4.52 Å². The summed E-state index contributed by atoms with van der Waals surface area (Å²) in [6, 6.07) is 0.301. The van der Waals surface area contributed by atoms with Gasteiger partial charge in [-0.05, 0) is 32.2 Å². The third kappa shape index (κ3) is 2.33. The number of likely N-dealkylation sites (tertiary alicyclic amines) is 1. The van der Waals surface area contributed by atoms with E-state index in [0.29, 0.717) is 12.0 Å². The highest BCUT2D eigenvalue weighted by molar-refractivity contribution is 5.05. The Kier molecular flexibility index (Phi) is 2.99. The van der Waals surface area contributed by atoms with Gasteiger partial charge in [-0.2, -0.15) is 10.1 Å². The van der Waals surface area contributed by atoms with Crippen LogP contribution >= 0.6 is 0 Å². The lowest BCUT2D eigenvalue weighted by Crippen LogP contribution is -2.28. The van der Waals surface area contributed by atoms with Crippen molar-refractivity contribution in [3.8, 4) is 0 Å². The third-order valence-electron chi connectivity index (χ3n) is 4.13. The highest BCUT2D eigenvalue weighted by atomic mass is 16.5. The van der Waals surface area contributed by atoms with Crippen molar-refractivity contribution in [3.63, 3.8) is 0 Å². The van der Waals surface area contributed by atoms with E-state index in [1.807, 2.05) is 4.68 Å². The number of hydrogen-bond donors (Lipinski definition) is 0. The molecule has 2 aromatic heterocycles. The van der Waals surface area contributed by atoms with E-state index in [4.69, 9.17) is 4.52 Å². The van der Waals surface area contributed by atoms with Crippen molar-refractivity contribution >= 4 is 0 Å². The molecular weight excluding hydrogens is 256 g/mol. The fourth-order valence-electron chi connectivity index (χ4n) is 2.84. The Hall–Kier alpha value is -1.76. The van der Waals surface area contributed by atoms with Crippen LogP contribution in [0, 0.1) is 0 Å². The van der Waals surface area contributed by atoms with Gasteiger partial charge in [0.15, 0.2) is 5.82 Å². The zero-order chi connectivity index (χ0) is 13.4. The van der Waals surface area contributed by atoms with Gasteiger partial charge in [0.2, 0.25) is 5.89 Å². The van der Waals surface area contributed by atoms with Crippen molar-refractivity contribution in [2.24, 2.45) is 0 Å². The molecular formula is C13H18N6O. The molecule has 2 fully saturated rings. The van der Waals surface area contributed by atoms with E-state index in [2.05, 4.69) is 25.1 Å². The van der Waals surface area contributed by atoms with Gasteiger partial charge < -0.3 is 4.52 Å². The summed E-state index contributed by atoms with van der Waals surface area (Å²) >= 11 is 0. The summed E-state index contributed by atoms with van der Waals surface area (Å²) in [6.45, 7) is 2.89. The Balaban J connectivity index is 1.42. The molecule has 0 amide bonds. The van der Waals surface area contributed by atoms with Gasteiger partial charge in [0.05, 0.1) is 12.6 Å². The quantitative estimate of drug-likeness (QED) is 0.820. The van der Waals surface area contributed by atoms with Crippen molar-refractivity contribution in [2.75, 3.05) is 13.1 Å². The van der Waals surface area contributed by atoms with E-state index in [1.165, 1.54) is 19.3 Å². The van der Waals surface area contributed by atoms with Crippen LogP contribution in [0.15, 0.2) is 17.2 Å². The van der Waals surface area contributed by atoms with Gasteiger partial charge in [-0.15, -0.1) is 0 Å². The normalized spacial score (nSPS) is 23.5. The summed E-state index contributed by atoms with van der Waals surface area (Å²) in [6.07, 6.45) is 8.02. The largest absolute Gasteiger partial charge is 0.339 e. The Morgan fingerprint density at radius 3 is 3.00 bits per heavy atom. The van der Waals surface area contributed by atoms with Gasteiger partial charge in [-0.1, -0.05) is 5.16 Å². The van der Waals surface area contributed by atoms with Gasteiger partial charge >= 0.3 is 0 Å². The average Bonchev–Trinajstić information content (AvgIpc) is 2.91. The van der Waals surface area contributed by atoms with Crippen LogP contribution in [0.25, 0.3) is 0 Å². The molecule has 1 atom stereocenters. The molecule has 1 unspecified atom stereocenters. The standard InChI is InChI=1S/C13H18N6O/c1-2-11(12-16-13(20-17-12)10-3-4-10)18(5-1)6-7-19-9-14-8-15-19/h8-11H,1-7H2. The Bertz CT molecular complexity index is 561. The minimum absolute atomic E-state index is 0.301. The van der Waals surface area contributed by atoms with Crippen molar-refractivity contribution in [3.05, 3.63) is 24.4 Å². The molecule has 7 heteroatoms. The summed E-state index contributed by atoms with van der Waals surface area (Å²) in [5.74, 6) is 2.23. The Morgan fingerprint density at radius 2 is 2.20 bits per heavy atom. The predicted molar refractivity (Wildman–Crippen MR) is 69.8 cm³/mol. The van der Waals surface area contributed by atoms with E-state index in [1.54, 1.807) is 12.7 Å². The summed E-state index contributed by atoms with van der Waals surface area (Å²) in [5, 5.41) is 8.33. The molecule has 1 aliphatic carbocycles. The predicted octanol–water partition coefficient (Wildman–Crippen LogP) is 1.38. The Labute approximate surface area is 117 Å². The number of aromatic nitrogens is 5. The summed E-state index contributed by atoms with van der Waals surface area (Å²) in [7, 11) is 0. The first kappa shape index (κ1) is 12.0. The maximum atomic E-state index is 5.38. The first-order valence-electron chi connectivity index (χ1n) is 7.30. The lowest BCUT2D eigenvalue weighted by atomic mass is 10.2. The van der Waals surface area contributed by atoms with E-state index in [-0.39, 0.29) is 0 Å². The highest BCUT2D eigenvalue weighted by Crippen LogP contribution is 2.40. The van der Waals surface area contributed by atoms with Crippen LogP contribution in [0.1, 0.15) is 49.4 Å². The molecule has 2 aliphatic rings. The molecule has 106 valence electrons. The second-order valence-corrected chi connectivity index (χ2v) is 5.62. The molecule has 0 bridgehead atoms. The molecule has 0 aromatic carbocycles. The molecule has 1 saturated heterocycles. The zero-order valence-electron chi connectivity index (χ0n) is 11.4. The number of rotatable bonds is 5. The van der Waals surface area contributed by atoms with Crippen molar-refractivity contribution in [2.45, 2.75) is 44.2 Å². The van der Waals surface area contributed by atoms with Crippen LogP contribution < -0.4 is 0 Å². The van der Waals surface area contributed by atoms with E-state index < -0.39 is 0 Å². The van der Waals surface area contributed by atoms with Crippen molar-refractivity contribution in [1.82, 2.24) is 29.8 Å². The van der Waals surface area contributed by atoms with Gasteiger partial charge in [0, 0.05) is 12.5 Å². The summed E-state index contributed by atoms with van der Waals surface area (Å²) in [5.41, 5.74) is 0. The molecule has 0 radical (unpaired) electrons. The second kappa shape index (κ2) is 4.97. The van der Waals surface area contributed by atoms with E-state index in [9.17, 15) is 0 Å². The van der Waals surface area contributed by atoms with Gasteiger partial charge in [-0.25, -0.2) is 4.98 Å². The highest BCUT2D eigenvalue weighted by Gasteiger charge is 2.33. The SMILES string of the molecule is c1ncn(CCN2CCCC2c2noc(C3CC3)n2)n1. The summed E-state index contributed by atoms with van der Waals surface area (Å²) < 4.78 is 7.25. The van der Waals surface area contributed by atoms with Crippen LogP contribution in [0.5, 0.6) is 0 Å². The molecule has 2 aromatic rings. The first-order valence-corrected chi connectivity index (χ1v) is 7.30. The maximum Gasteiger partial charge on any atom is 0.229 e. The van der Waals surface area contributed by atoms with Gasteiger partial charge in [0.25, 0.3) is 0 Å². The maximum absolute atomic E-state index is 5.38. The van der Waals surface area contributed by atoms with E-state index in [0.717, 1.165) is 37.8 Å². The second-order valence-electron chi connectivity index (χ2n) is 5.62. The molecule has 7 nitrogen and oxygen atoms in total. The lowest BCUT2D eigenvalue weighted by molar-refractivity contribution is 0.230. The first-order chi connectivity index (χ1) is 9.90. The molecule has 0 spiro atoms. The zero-order valence-corrected chi connectivity index (χ0v) is 11.4. The van der Waals surface area contributed by atoms with Gasteiger partial charge in [0.1, 0.15) is 12.7 Å². The molecule has 3 heterocycles. The van der Waals surface area contributed by atoms with Crippen LogP contribution in [-0.2, 0) is 6.54 Å². The number of hydrogen-bond acceptors (Lipinski definition) is 6. The third-order valence-corrected chi connectivity index (χ3v) is 4.13. The van der Waals surface area contributed by atoms with Crippen LogP contribution in [0.2, 0.25) is 0 Å². The van der Waals surface area contributed by atoms with Crippen LogP contribution in [0.3, 0.4) is 0 Å². The minimum atomic E-state index is 0.301. The summed E-state index contributed by atoms with van der Waals surface area (Å²) in [4.78, 5) is 11.0. The fraction of sp³-hybridized carbons (Fsp3) is 0.692. The molecule has 20 heavy (non-hydrogen) atoms. The minimum Gasteiger partial charge on any atom is -0.339 e. The molecule has 1 saturated carbocycles. The molecule has 1 aliphatic heterocycles. The van der Waals surface area contributed by atoms with Gasteiger partial charge in [-0.3, -0.25) is 9.58 Å². The monoisotopic (exact) mass is 274 g/mol. The lowest BCUT2D eigenvalue weighted by Gasteiger charge is -2.21. The molecule has 4 rings (SSSR count). The van der Waals surface area contributed by atoms with Crippen molar-refractivity contribution in [1.29, 1.82) is 0 Å². The van der Waals surface area contributed by atoms with E-state index >= 15 is 0 Å². The Morgan fingerprint density at radius 1 is 1.25 bits per heavy atom. The number of nitrogens with zero attached hydrogens (tertiary/aromatic N) is 6. The fourth-order valence-corrected chi connectivity index (χ4v) is 2.84. The topological polar surface area (TPSA) is 72.9 Å². The average molecular weight is 274 g/mol. The molecule has 0 N–H and O–H groups in total. The van der Waals surface area contributed by atoms with Crippen LogP contribution in [0.4, 0.5) is 0 Å². The smallest absolute Gasteiger partial charge is 0.229 e.